The van der Waals surface area contributed by atoms with Crippen LogP contribution in [-0.2, 0) is 22.5 Å². The number of phenols is 1. The number of para-hydroxylation sites is 1. The van der Waals surface area contributed by atoms with E-state index in [1.165, 1.54) is 18.2 Å². The predicted molar refractivity (Wildman–Crippen MR) is 293 cm³/mol. The van der Waals surface area contributed by atoms with Crippen molar-refractivity contribution in [3.8, 4) is 11.5 Å². The van der Waals surface area contributed by atoms with Crippen molar-refractivity contribution in [3.63, 3.8) is 0 Å². The van der Waals surface area contributed by atoms with E-state index >= 15 is 0 Å². The van der Waals surface area contributed by atoms with Gasteiger partial charge in [0.2, 0.25) is 0 Å². The number of aliphatic hydroxyl groups is 1. The molecule has 0 saturated carbocycles. The summed E-state index contributed by atoms with van der Waals surface area (Å²) in [6.45, 7) is 5.67. The van der Waals surface area contributed by atoms with Crippen molar-refractivity contribution in [1.29, 1.82) is 0 Å². The minimum atomic E-state index is -0.687. The van der Waals surface area contributed by atoms with Crippen LogP contribution in [0, 0.1) is 0 Å². The molecule has 0 fully saturated rings. The van der Waals surface area contributed by atoms with Crippen LogP contribution < -0.4 is 42.0 Å². The van der Waals surface area contributed by atoms with Crippen molar-refractivity contribution >= 4 is 86.9 Å². The maximum Gasteiger partial charge on any atom is 0.344 e. The first kappa shape index (κ1) is 51.5. The van der Waals surface area contributed by atoms with Crippen LogP contribution in [0.1, 0.15) is 46.1 Å². The van der Waals surface area contributed by atoms with Gasteiger partial charge in [0, 0.05) is 84.7 Å². The van der Waals surface area contributed by atoms with E-state index in [1.807, 2.05) is 42.5 Å². The van der Waals surface area contributed by atoms with Gasteiger partial charge in [-0.1, -0.05) is 41.2 Å². The monoisotopic (exact) mass is 1040 g/mol. The number of amidine groups is 2. The average Bonchev–Trinajstić information content (AvgIpc) is 4.27. The fraction of sp³-hybridized carbons (Fsp3) is 0.204. The maximum absolute atomic E-state index is 13.6. The molecule has 3 aliphatic heterocycles. The number of esters is 1. The zero-order valence-corrected chi connectivity index (χ0v) is 41.9. The van der Waals surface area contributed by atoms with Crippen LogP contribution >= 0.6 is 11.8 Å². The molecule has 1 aromatic heterocycles. The number of hydrogen-bond acceptors (Lipinski definition) is 16. The molecule has 5 amide bonds. The SMILES string of the molecule is CCOC(=O)C1=C(O)/C(=C/c2ccc(OCCCn3cc(CCNC(=O)c4cc(NC(=O)Nc5ccc(C6=NCCN6)cc5)cc(NC(=O)Nc5ccc(C6=NCCN6)cc5)c4)nn3)c(O)c2)SC1=Nc1ccccc1. The molecule has 9 rings (SSSR count). The molecule has 0 aliphatic carbocycles. The van der Waals surface area contributed by atoms with Crippen LogP contribution in [0.25, 0.3) is 6.08 Å². The fourth-order valence-corrected chi connectivity index (χ4v) is 9.02. The van der Waals surface area contributed by atoms with Gasteiger partial charge in [-0.2, -0.15) is 0 Å². The Labute approximate surface area is 440 Å². The van der Waals surface area contributed by atoms with Crippen molar-refractivity contribution in [2.75, 3.05) is 67.2 Å². The first-order valence-corrected chi connectivity index (χ1v) is 25.2. The third-order valence-electron chi connectivity index (χ3n) is 11.6. The van der Waals surface area contributed by atoms with Gasteiger partial charge in [0.05, 0.1) is 42.6 Å². The molecule has 0 radical (unpaired) electrons. The summed E-state index contributed by atoms with van der Waals surface area (Å²) in [4.78, 5) is 66.6. The van der Waals surface area contributed by atoms with Crippen LogP contribution in [0.4, 0.5) is 38.0 Å². The van der Waals surface area contributed by atoms with Crippen molar-refractivity contribution in [1.82, 2.24) is 30.9 Å². The Bertz CT molecular complexity index is 3180. The lowest BCUT2D eigenvalue weighted by Gasteiger charge is -2.14. The van der Waals surface area contributed by atoms with Gasteiger partial charge in [0.25, 0.3) is 5.91 Å². The summed E-state index contributed by atoms with van der Waals surface area (Å²) in [5.74, 6) is 0.336. The molecular weight excluding hydrogens is 991 g/mol. The second kappa shape index (κ2) is 24.5. The van der Waals surface area contributed by atoms with Gasteiger partial charge in [-0.15, -0.1) is 5.10 Å². The van der Waals surface area contributed by atoms with Gasteiger partial charge in [0.15, 0.2) is 11.5 Å². The number of phenolic OH excluding ortho intramolecular Hbond substituents is 1. The smallest absolute Gasteiger partial charge is 0.344 e. The van der Waals surface area contributed by atoms with E-state index in [9.17, 15) is 29.4 Å². The number of benzene rings is 5. The Hall–Kier alpha value is -9.44. The fourth-order valence-electron chi connectivity index (χ4n) is 7.98. The van der Waals surface area contributed by atoms with Gasteiger partial charge < -0.3 is 56.9 Å². The number of aliphatic hydroxyl groups excluding tert-OH is 1. The van der Waals surface area contributed by atoms with Gasteiger partial charge >= 0.3 is 18.0 Å². The topological polar surface area (TPSA) is 279 Å². The number of aryl methyl sites for hydroxylation is 1. The first-order valence-electron chi connectivity index (χ1n) is 24.4. The summed E-state index contributed by atoms with van der Waals surface area (Å²) in [6.07, 6.45) is 4.29. The molecule has 0 spiro atoms. The highest BCUT2D eigenvalue weighted by Gasteiger charge is 2.33. The van der Waals surface area contributed by atoms with E-state index < -0.39 is 23.9 Å². The lowest BCUT2D eigenvalue weighted by molar-refractivity contribution is -0.138. The average molecular weight is 1040 g/mol. The second-order valence-electron chi connectivity index (χ2n) is 17.1. The number of ether oxygens (including phenoxy) is 2. The molecule has 22 heteroatoms. The molecule has 76 heavy (non-hydrogen) atoms. The normalized spacial score (nSPS) is 14.9. The second-order valence-corrected chi connectivity index (χ2v) is 18.2. The maximum atomic E-state index is 13.6. The number of carbonyl (C=O) groups excluding carboxylic acids is 4. The Morgan fingerprint density at radius 1 is 0.776 bits per heavy atom. The third kappa shape index (κ3) is 13.6. The zero-order chi connectivity index (χ0) is 52.8. The number of aromatic hydroxyl groups is 1. The molecule has 0 unspecified atom stereocenters. The van der Waals surface area contributed by atoms with E-state index in [-0.39, 0.29) is 59.5 Å². The Balaban J connectivity index is 0.771. The van der Waals surface area contributed by atoms with Crippen molar-refractivity contribution in [2.45, 2.75) is 26.3 Å². The number of hydrogen-bond donors (Lipinski definition) is 9. The summed E-state index contributed by atoms with van der Waals surface area (Å²) < 4.78 is 12.7. The van der Waals surface area contributed by atoms with Crippen LogP contribution in [0.2, 0.25) is 0 Å². The highest BCUT2D eigenvalue weighted by molar-refractivity contribution is 8.18. The molecule has 0 saturated heterocycles. The minimum absolute atomic E-state index is 0.0285. The van der Waals surface area contributed by atoms with E-state index in [0.29, 0.717) is 70.7 Å². The molecule has 21 nitrogen and oxygen atoms in total. The Kier molecular flexibility index (Phi) is 16.6. The van der Waals surface area contributed by atoms with Crippen molar-refractivity contribution in [3.05, 3.63) is 166 Å². The molecule has 5 aromatic carbocycles. The molecule has 9 N–H and O–H groups in total. The highest BCUT2D eigenvalue weighted by Crippen LogP contribution is 2.41. The number of urea groups is 2. The molecule has 3 aliphatic rings. The molecule has 6 aromatic rings. The number of aliphatic imine (C=N–C) groups is 3. The first-order chi connectivity index (χ1) is 37.0. The molecular formula is C54H53N13O8S. The number of carbonyl (C=O) groups is 4. The summed E-state index contributed by atoms with van der Waals surface area (Å²) in [5.41, 5.74) is 5.32. The zero-order valence-electron chi connectivity index (χ0n) is 41.1. The third-order valence-corrected chi connectivity index (χ3v) is 12.6. The standard InChI is InChI=1S/C54H53N13O8S/c1-2-74-52(71)46-47(69)45(76-51(46)60-37-7-4-3-5-8-37)28-33-9-18-44(43(68)27-33)75-26-6-25-67-32-40(65-66-67)19-20-59-50(70)36-29-41(63-53(72)61-38-14-10-34(11-15-38)48-55-21-22-56-48)31-42(30-36)64-54(73)62-39-16-12-35(13-17-39)49-57-23-24-58-49/h3-5,7-18,27-32,68-69H,2,6,19-26H2,1H3,(H,55,56)(H,57,58)(H,59,70)(H2,61,63,72)(H2,62,64,73)/b45-28-,60-51?. The van der Waals surface area contributed by atoms with E-state index in [2.05, 4.69) is 62.5 Å². The quantitative estimate of drug-likeness (QED) is 0.0279. The van der Waals surface area contributed by atoms with Crippen LogP contribution in [0.3, 0.4) is 0 Å². The van der Waals surface area contributed by atoms with Crippen molar-refractivity contribution in [2.24, 2.45) is 15.0 Å². The van der Waals surface area contributed by atoms with Crippen molar-refractivity contribution < 1.29 is 38.9 Å². The Morgan fingerprint density at radius 2 is 1.41 bits per heavy atom. The van der Waals surface area contributed by atoms with E-state index in [1.54, 1.807) is 78.5 Å². The molecule has 0 bridgehead atoms. The van der Waals surface area contributed by atoms with Crippen LogP contribution in [0.15, 0.2) is 153 Å². The highest BCUT2D eigenvalue weighted by atomic mass is 32.2. The number of thioether (sulfide) groups is 1. The van der Waals surface area contributed by atoms with Gasteiger partial charge in [-0.3, -0.25) is 19.5 Å². The summed E-state index contributed by atoms with van der Waals surface area (Å²) in [7, 11) is 0. The summed E-state index contributed by atoms with van der Waals surface area (Å²) >= 11 is 1.12. The lowest BCUT2D eigenvalue weighted by atomic mass is 10.1. The largest absolute Gasteiger partial charge is 0.506 e. The number of nitrogens with zero attached hydrogens (tertiary/aromatic N) is 6. The van der Waals surface area contributed by atoms with E-state index in [4.69, 9.17) is 9.47 Å². The number of nitrogens with one attached hydrogen (secondary N) is 7. The van der Waals surface area contributed by atoms with Gasteiger partial charge in [-0.05, 0) is 110 Å². The number of anilines is 4. The van der Waals surface area contributed by atoms with Gasteiger partial charge in [0.1, 0.15) is 28.0 Å². The van der Waals surface area contributed by atoms with Crippen LogP contribution in [0.5, 0.6) is 11.5 Å². The summed E-state index contributed by atoms with van der Waals surface area (Å²) in [6, 6.07) is 31.8. The number of aromatic nitrogens is 3. The lowest BCUT2D eigenvalue weighted by Crippen LogP contribution is -2.27. The van der Waals surface area contributed by atoms with E-state index in [0.717, 1.165) is 47.6 Å². The predicted octanol–water partition coefficient (Wildman–Crippen LogP) is 7.61. The molecule has 0 atom stereocenters. The van der Waals surface area contributed by atoms with Gasteiger partial charge in [-0.25, -0.2) is 19.4 Å². The summed E-state index contributed by atoms with van der Waals surface area (Å²) in [5, 5.41) is 51.1. The molecule has 4 heterocycles. The molecule has 388 valence electrons. The van der Waals surface area contributed by atoms with Crippen LogP contribution in [-0.4, -0.2) is 112 Å². The Morgan fingerprint density at radius 3 is 2.00 bits per heavy atom. The number of amides is 5. The minimum Gasteiger partial charge on any atom is -0.506 e. The number of rotatable bonds is 19.